The SMILES string of the molecule is NCNCCC1CCOCC1. The molecule has 0 spiro atoms. The van der Waals surface area contributed by atoms with Crippen molar-refractivity contribution in [2.75, 3.05) is 26.4 Å². The van der Waals surface area contributed by atoms with E-state index in [4.69, 9.17) is 10.5 Å². The van der Waals surface area contributed by atoms with Crippen LogP contribution in [0.15, 0.2) is 0 Å². The van der Waals surface area contributed by atoms with Crippen LogP contribution in [0.25, 0.3) is 0 Å². The number of hydrogen-bond acceptors (Lipinski definition) is 3. The summed E-state index contributed by atoms with van der Waals surface area (Å²) in [7, 11) is 0. The molecular formula is C8H18N2O. The molecule has 0 aromatic rings. The molecule has 1 fully saturated rings. The fourth-order valence-corrected chi connectivity index (χ4v) is 1.44. The monoisotopic (exact) mass is 158 g/mol. The van der Waals surface area contributed by atoms with Gasteiger partial charge >= 0.3 is 0 Å². The molecule has 0 saturated carbocycles. The topological polar surface area (TPSA) is 47.3 Å². The van der Waals surface area contributed by atoms with Gasteiger partial charge in [0, 0.05) is 19.9 Å². The predicted molar refractivity (Wildman–Crippen MR) is 45.2 cm³/mol. The second kappa shape index (κ2) is 5.52. The fourth-order valence-electron chi connectivity index (χ4n) is 1.44. The van der Waals surface area contributed by atoms with Crippen LogP contribution in [0.4, 0.5) is 0 Å². The second-order valence-corrected chi connectivity index (χ2v) is 3.05. The molecule has 0 bridgehead atoms. The maximum atomic E-state index is 5.31. The summed E-state index contributed by atoms with van der Waals surface area (Å²) in [5, 5.41) is 3.13. The van der Waals surface area contributed by atoms with E-state index in [0.29, 0.717) is 6.67 Å². The maximum absolute atomic E-state index is 5.31. The van der Waals surface area contributed by atoms with Gasteiger partial charge in [-0.25, -0.2) is 0 Å². The number of nitrogens with one attached hydrogen (secondary N) is 1. The Morgan fingerprint density at radius 1 is 1.36 bits per heavy atom. The number of ether oxygens (including phenoxy) is 1. The highest BCUT2D eigenvalue weighted by molar-refractivity contribution is 4.64. The van der Waals surface area contributed by atoms with Gasteiger partial charge in [0.2, 0.25) is 0 Å². The Hall–Kier alpha value is -0.120. The molecule has 0 unspecified atom stereocenters. The summed E-state index contributed by atoms with van der Waals surface area (Å²) in [6.45, 7) is 3.56. The standard InChI is InChI=1S/C8H18N2O/c9-7-10-4-1-8-2-5-11-6-3-8/h8,10H,1-7,9H2. The molecule has 11 heavy (non-hydrogen) atoms. The average Bonchev–Trinajstić information content (AvgIpc) is 2.07. The summed E-state index contributed by atoms with van der Waals surface area (Å²) in [6.07, 6.45) is 3.71. The van der Waals surface area contributed by atoms with Gasteiger partial charge in [-0.3, -0.25) is 0 Å². The van der Waals surface area contributed by atoms with Crippen LogP contribution in [0.3, 0.4) is 0 Å². The fraction of sp³-hybridized carbons (Fsp3) is 1.00. The van der Waals surface area contributed by atoms with Crippen molar-refractivity contribution in [2.45, 2.75) is 19.3 Å². The van der Waals surface area contributed by atoms with Gasteiger partial charge in [-0.1, -0.05) is 0 Å². The quantitative estimate of drug-likeness (QED) is 0.457. The molecule has 1 saturated heterocycles. The van der Waals surface area contributed by atoms with E-state index in [1.807, 2.05) is 0 Å². The Morgan fingerprint density at radius 2 is 2.09 bits per heavy atom. The van der Waals surface area contributed by atoms with E-state index in [1.54, 1.807) is 0 Å². The summed E-state index contributed by atoms with van der Waals surface area (Å²) < 4.78 is 5.26. The lowest BCUT2D eigenvalue weighted by atomic mass is 9.97. The van der Waals surface area contributed by atoms with Crippen LogP contribution in [0.1, 0.15) is 19.3 Å². The van der Waals surface area contributed by atoms with Gasteiger partial charge in [0.25, 0.3) is 0 Å². The summed E-state index contributed by atoms with van der Waals surface area (Å²) >= 11 is 0. The molecule has 3 heteroatoms. The molecule has 3 N–H and O–H groups in total. The van der Waals surface area contributed by atoms with E-state index in [9.17, 15) is 0 Å². The second-order valence-electron chi connectivity index (χ2n) is 3.05. The lowest BCUT2D eigenvalue weighted by Crippen LogP contribution is -2.26. The Kier molecular flexibility index (Phi) is 4.50. The van der Waals surface area contributed by atoms with Crippen LogP contribution in [0, 0.1) is 5.92 Å². The van der Waals surface area contributed by atoms with E-state index in [1.165, 1.54) is 19.3 Å². The van der Waals surface area contributed by atoms with Gasteiger partial charge in [0.1, 0.15) is 0 Å². The van der Waals surface area contributed by atoms with Crippen molar-refractivity contribution in [3.63, 3.8) is 0 Å². The minimum atomic E-state index is 0.600. The van der Waals surface area contributed by atoms with E-state index in [0.717, 1.165) is 25.7 Å². The van der Waals surface area contributed by atoms with Crippen LogP contribution in [0.2, 0.25) is 0 Å². The predicted octanol–water partition coefficient (Wildman–Crippen LogP) is 0.309. The highest BCUT2D eigenvalue weighted by atomic mass is 16.5. The zero-order chi connectivity index (χ0) is 7.94. The molecule has 0 aromatic carbocycles. The van der Waals surface area contributed by atoms with E-state index < -0.39 is 0 Å². The molecule has 1 aliphatic rings. The number of hydrogen-bond donors (Lipinski definition) is 2. The van der Waals surface area contributed by atoms with Crippen molar-refractivity contribution in [2.24, 2.45) is 11.7 Å². The summed E-state index contributed by atoms with van der Waals surface area (Å²) in [6, 6.07) is 0. The van der Waals surface area contributed by atoms with E-state index in [-0.39, 0.29) is 0 Å². The normalized spacial score (nSPS) is 20.5. The van der Waals surface area contributed by atoms with Crippen molar-refractivity contribution in [3.8, 4) is 0 Å². The molecular weight excluding hydrogens is 140 g/mol. The molecule has 0 atom stereocenters. The molecule has 1 rings (SSSR count). The van der Waals surface area contributed by atoms with Crippen molar-refractivity contribution in [1.82, 2.24) is 5.32 Å². The first-order valence-corrected chi connectivity index (χ1v) is 4.42. The average molecular weight is 158 g/mol. The van der Waals surface area contributed by atoms with Gasteiger partial charge in [-0.05, 0) is 31.7 Å². The first-order valence-electron chi connectivity index (χ1n) is 4.42. The van der Waals surface area contributed by atoms with Crippen LogP contribution < -0.4 is 11.1 Å². The minimum Gasteiger partial charge on any atom is -0.381 e. The Bertz CT molecular complexity index is 92.1. The first-order chi connectivity index (χ1) is 5.43. The van der Waals surface area contributed by atoms with Gasteiger partial charge in [-0.2, -0.15) is 0 Å². The summed E-state index contributed by atoms with van der Waals surface area (Å²) in [5.41, 5.74) is 5.31. The van der Waals surface area contributed by atoms with Crippen LogP contribution >= 0.6 is 0 Å². The van der Waals surface area contributed by atoms with Gasteiger partial charge in [0.15, 0.2) is 0 Å². The van der Waals surface area contributed by atoms with Crippen molar-refractivity contribution in [1.29, 1.82) is 0 Å². The van der Waals surface area contributed by atoms with Crippen molar-refractivity contribution in [3.05, 3.63) is 0 Å². The molecule has 1 aliphatic heterocycles. The third-order valence-electron chi connectivity index (χ3n) is 2.21. The molecule has 66 valence electrons. The van der Waals surface area contributed by atoms with E-state index >= 15 is 0 Å². The van der Waals surface area contributed by atoms with Gasteiger partial charge in [-0.15, -0.1) is 0 Å². The first kappa shape index (κ1) is 8.97. The summed E-state index contributed by atoms with van der Waals surface area (Å²) in [5.74, 6) is 0.864. The third kappa shape index (κ3) is 3.70. The Balaban J connectivity index is 1.96. The van der Waals surface area contributed by atoms with E-state index in [2.05, 4.69) is 5.32 Å². The molecule has 3 nitrogen and oxygen atoms in total. The van der Waals surface area contributed by atoms with Gasteiger partial charge in [0.05, 0.1) is 0 Å². The maximum Gasteiger partial charge on any atom is 0.0468 e. The molecule has 1 heterocycles. The third-order valence-corrected chi connectivity index (χ3v) is 2.21. The van der Waals surface area contributed by atoms with Gasteiger partial charge < -0.3 is 15.8 Å². The Labute approximate surface area is 68.3 Å². The zero-order valence-corrected chi connectivity index (χ0v) is 7.01. The number of rotatable bonds is 4. The molecule has 0 amide bonds. The summed E-state index contributed by atoms with van der Waals surface area (Å²) in [4.78, 5) is 0. The highest BCUT2D eigenvalue weighted by Crippen LogP contribution is 2.17. The number of nitrogens with two attached hydrogens (primary N) is 1. The molecule has 0 aliphatic carbocycles. The zero-order valence-electron chi connectivity index (χ0n) is 7.01. The largest absolute Gasteiger partial charge is 0.381 e. The van der Waals surface area contributed by atoms with Crippen LogP contribution in [-0.2, 0) is 4.74 Å². The minimum absolute atomic E-state index is 0.600. The smallest absolute Gasteiger partial charge is 0.0468 e. The lowest BCUT2D eigenvalue weighted by molar-refractivity contribution is 0.0640. The van der Waals surface area contributed by atoms with Crippen LogP contribution in [-0.4, -0.2) is 26.4 Å². The Morgan fingerprint density at radius 3 is 2.73 bits per heavy atom. The van der Waals surface area contributed by atoms with Crippen molar-refractivity contribution >= 4 is 0 Å². The highest BCUT2D eigenvalue weighted by Gasteiger charge is 2.12. The molecule has 0 radical (unpaired) electrons. The lowest BCUT2D eigenvalue weighted by Gasteiger charge is -2.21. The van der Waals surface area contributed by atoms with Crippen molar-refractivity contribution < 1.29 is 4.74 Å². The molecule has 0 aromatic heterocycles. The van der Waals surface area contributed by atoms with Crippen LogP contribution in [0.5, 0.6) is 0 Å².